The molecule has 93 heavy (non-hydrogen) atoms. The second-order valence-corrected chi connectivity index (χ2v) is 24.2. The van der Waals surface area contributed by atoms with Gasteiger partial charge in [0.15, 0.2) is 17.5 Å². The predicted molar refractivity (Wildman–Crippen MR) is 362 cm³/mol. The minimum atomic E-state index is -0.748. The van der Waals surface area contributed by atoms with Gasteiger partial charge in [0.2, 0.25) is 17.7 Å². The van der Waals surface area contributed by atoms with Gasteiger partial charge in [-0.3, -0.25) is 29.1 Å². The van der Waals surface area contributed by atoms with E-state index in [-0.39, 0.29) is 37.0 Å². The van der Waals surface area contributed by atoms with Crippen LogP contribution in [0.2, 0.25) is 0 Å². The highest BCUT2D eigenvalue weighted by Gasteiger charge is 2.57. The Kier molecular flexibility index (Phi) is 17.0. The molecule has 0 bridgehead atoms. The van der Waals surface area contributed by atoms with Gasteiger partial charge < -0.3 is 30.9 Å². The number of nitrogens with one attached hydrogen (secondary N) is 6. The fourth-order valence-corrected chi connectivity index (χ4v) is 13.5. The molecule has 0 radical (unpaired) electrons. The van der Waals surface area contributed by atoms with Crippen molar-refractivity contribution < 1.29 is 14.4 Å². The van der Waals surface area contributed by atoms with E-state index in [1.165, 1.54) is 52.4 Å². The number of hydrogen-bond donors (Lipinski definition) is 6. The smallest absolute Gasteiger partial charge is 0.230 e. The molecule has 15 rings (SSSR count). The van der Waals surface area contributed by atoms with Crippen LogP contribution in [0, 0.1) is 20.8 Å². The molecular weight excluding hydrogens is 1160 g/mol. The molecule has 6 aromatic carbocycles. The number of fused-ring (bicyclic) bond motifs is 9. The van der Waals surface area contributed by atoms with Gasteiger partial charge in [-0.2, -0.15) is 0 Å². The summed E-state index contributed by atoms with van der Waals surface area (Å²) in [6, 6.07) is 49.8. The summed E-state index contributed by atoms with van der Waals surface area (Å²) in [5, 5.41) is 9.52. The zero-order chi connectivity index (χ0) is 64.3. The quantitative estimate of drug-likeness (QED) is 0.0570. The van der Waals surface area contributed by atoms with Crippen LogP contribution in [0.3, 0.4) is 0 Å². The first-order chi connectivity index (χ1) is 45.3. The van der Waals surface area contributed by atoms with E-state index in [0.29, 0.717) is 54.6 Å². The number of H-pyrrole nitrogens is 3. The van der Waals surface area contributed by atoms with Crippen LogP contribution < -0.4 is 16.0 Å². The molecule has 0 saturated carbocycles. The molecule has 9 heterocycles. The van der Waals surface area contributed by atoms with Crippen molar-refractivity contribution in [3.05, 3.63) is 248 Å². The van der Waals surface area contributed by atoms with E-state index in [4.69, 9.17) is 0 Å². The van der Waals surface area contributed by atoms with E-state index >= 15 is 0 Å². The van der Waals surface area contributed by atoms with Crippen LogP contribution in [0.25, 0.3) is 0 Å². The number of imidazole rings is 3. The molecule has 3 amide bonds. The maximum absolute atomic E-state index is 13.4. The summed E-state index contributed by atoms with van der Waals surface area (Å²) in [5.74, 6) is 3.89. The average molecular weight is 1240 g/mol. The highest BCUT2D eigenvalue weighted by Crippen LogP contribution is 2.50. The van der Waals surface area contributed by atoms with E-state index in [9.17, 15) is 14.4 Å². The first-order valence-electron chi connectivity index (χ1n) is 31.1. The summed E-state index contributed by atoms with van der Waals surface area (Å²) in [6.45, 7) is 9.91. The third-order valence-corrected chi connectivity index (χ3v) is 18.1. The van der Waals surface area contributed by atoms with Crippen LogP contribution in [0.1, 0.15) is 103 Å². The maximum Gasteiger partial charge on any atom is 0.230 e. The van der Waals surface area contributed by atoms with Crippen molar-refractivity contribution in [2.75, 3.05) is 21.1 Å². The lowest BCUT2D eigenvalue weighted by Crippen LogP contribution is -2.39. The number of aromatic amines is 3. The number of carbonyl (C=O) groups excluding carboxylic acids is 3. The average Bonchev–Trinajstić information content (AvgIpc) is 1.59. The number of aryl methyl sites for hydroxylation is 3. The Morgan fingerprint density at radius 1 is 0.366 bits per heavy atom. The summed E-state index contributed by atoms with van der Waals surface area (Å²) < 4.78 is 0. The number of carbonyl (C=O) groups is 3. The van der Waals surface area contributed by atoms with Crippen molar-refractivity contribution in [1.29, 1.82) is 0 Å². The Hall–Kier alpha value is -10.7. The van der Waals surface area contributed by atoms with Gasteiger partial charge in [-0.05, 0) is 92.0 Å². The Labute approximate surface area is 539 Å². The summed E-state index contributed by atoms with van der Waals surface area (Å²) >= 11 is 0. The normalized spacial score (nSPS) is 19.7. The molecule has 6 aliphatic rings. The molecule has 0 spiro atoms. The third-order valence-electron chi connectivity index (χ3n) is 18.1. The lowest BCUT2D eigenvalue weighted by molar-refractivity contribution is -0.127. The molecule has 9 aromatic rings. The van der Waals surface area contributed by atoms with Crippen LogP contribution in [0.5, 0.6) is 0 Å². The number of aliphatic imine (C=N–C) groups is 6. The zero-order valence-corrected chi connectivity index (χ0v) is 52.8. The first-order valence-corrected chi connectivity index (χ1v) is 31.1. The molecular formula is C72H72N18O3. The number of amidine groups is 3. The monoisotopic (exact) mass is 1240 g/mol. The number of nitrogens with zero attached hydrogens (tertiary/aromatic N) is 12. The van der Waals surface area contributed by atoms with E-state index in [1.54, 1.807) is 33.7 Å². The van der Waals surface area contributed by atoms with E-state index in [0.717, 1.165) is 70.1 Å². The van der Waals surface area contributed by atoms with Gasteiger partial charge in [0.25, 0.3) is 0 Å². The minimum Gasteiger partial charge on any atom is -0.345 e. The Morgan fingerprint density at radius 2 is 0.613 bits per heavy atom. The molecule has 21 heteroatoms. The Balaban J connectivity index is 0.000000127. The van der Waals surface area contributed by atoms with Crippen LogP contribution in [-0.4, -0.2) is 120 Å². The molecule has 3 aromatic heterocycles. The molecule has 3 atom stereocenters. The van der Waals surface area contributed by atoms with Gasteiger partial charge in [-0.1, -0.05) is 162 Å². The van der Waals surface area contributed by atoms with Crippen LogP contribution in [0.4, 0.5) is 17.5 Å². The Bertz CT molecular complexity index is 3980. The molecule has 468 valence electrons. The van der Waals surface area contributed by atoms with Gasteiger partial charge in [0.1, 0.15) is 52.8 Å². The van der Waals surface area contributed by atoms with Crippen molar-refractivity contribution >= 4 is 71.7 Å². The van der Waals surface area contributed by atoms with Crippen LogP contribution in [0.15, 0.2) is 195 Å². The van der Waals surface area contributed by atoms with Gasteiger partial charge in [0.05, 0.1) is 55.7 Å². The lowest BCUT2D eigenvalue weighted by atomic mass is 9.75. The number of benzene rings is 6. The SMILES string of the molecule is CNCc1ccc(C23CC(=O)N(Cc4ccc(C)cc4)C2=NC=Nc2nc[nH]c23)cc1.CNCc1ccc(C23CC(=O)N(Cc4ccc(C)cc4)C2=NC=Nc2nc[nH]c23)cc1.CNCc1ccc(C23CC(=O)N(Cc4ccc(C)cc4)C2=NC=Nc2nc[nH]c23)cc1. The van der Waals surface area contributed by atoms with Crippen molar-refractivity contribution in [3.8, 4) is 0 Å². The van der Waals surface area contributed by atoms with Gasteiger partial charge in [0, 0.05) is 38.9 Å². The fourth-order valence-electron chi connectivity index (χ4n) is 13.5. The summed E-state index contributed by atoms with van der Waals surface area (Å²) in [5.41, 5.74) is 13.5. The van der Waals surface area contributed by atoms with Crippen LogP contribution in [-0.2, 0) is 69.9 Å². The van der Waals surface area contributed by atoms with Gasteiger partial charge >= 0.3 is 0 Å². The second-order valence-electron chi connectivity index (χ2n) is 24.2. The predicted octanol–water partition coefficient (Wildman–Crippen LogP) is 9.68. The molecule has 3 unspecified atom stereocenters. The lowest BCUT2D eigenvalue weighted by Gasteiger charge is -2.29. The second kappa shape index (κ2) is 25.9. The van der Waals surface area contributed by atoms with Gasteiger partial charge in [-0.15, -0.1) is 0 Å². The number of likely N-dealkylation sites (tertiary alicyclic amines) is 3. The van der Waals surface area contributed by atoms with Crippen LogP contribution >= 0.6 is 0 Å². The Morgan fingerprint density at radius 3 is 0.860 bits per heavy atom. The zero-order valence-electron chi connectivity index (χ0n) is 52.8. The minimum absolute atomic E-state index is 0.0366. The molecule has 6 aliphatic heterocycles. The highest BCUT2D eigenvalue weighted by atomic mass is 16.2. The van der Waals surface area contributed by atoms with E-state index in [2.05, 4.69) is 242 Å². The number of rotatable bonds is 15. The molecule has 3 saturated heterocycles. The van der Waals surface area contributed by atoms with Crippen molar-refractivity contribution in [1.82, 2.24) is 60.6 Å². The summed E-state index contributed by atoms with van der Waals surface area (Å²) in [6.07, 6.45) is 10.3. The number of amides is 3. The number of aromatic nitrogens is 6. The molecule has 3 fully saturated rings. The van der Waals surface area contributed by atoms with E-state index < -0.39 is 16.2 Å². The molecule has 21 nitrogen and oxygen atoms in total. The topological polar surface area (TPSA) is 257 Å². The maximum atomic E-state index is 13.4. The summed E-state index contributed by atoms with van der Waals surface area (Å²) in [4.78, 5) is 95.7. The highest BCUT2D eigenvalue weighted by molar-refractivity contribution is 6.18. The molecule has 6 N–H and O–H groups in total. The summed E-state index contributed by atoms with van der Waals surface area (Å²) in [7, 11) is 5.78. The first kappa shape index (κ1) is 61.1. The largest absolute Gasteiger partial charge is 0.345 e. The standard InChI is InChI=1S/3C24H24N6O/c3*1-16-3-5-18(6-4-16)13-30-20(31)11-24(19-9-7-17(8-10-19)12-25-2)21-22(27-14-26-21)28-15-29-23(24)30/h3*3-10,14-15,25H,11-13H2,1-2H3,(H,26,27). The van der Waals surface area contributed by atoms with Crippen molar-refractivity contribution in [2.24, 2.45) is 30.0 Å². The third kappa shape index (κ3) is 11.4. The van der Waals surface area contributed by atoms with E-state index in [1.807, 2.05) is 21.1 Å². The van der Waals surface area contributed by atoms with Crippen molar-refractivity contribution in [3.63, 3.8) is 0 Å². The molecule has 0 aliphatic carbocycles. The fraction of sp³-hybridized carbons (Fsp3) is 0.250. The van der Waals surface area contributed by atoms with Gasteiger partial charge in [-0.25, -0.2) is 44.9 Å². The van der Waals surface area contributed by atoms with Crippen molar-refractivity contribution in [2.45, 2.75) is 95.5 Å². The number of hydrogen-bond acceptors (Lipinski definition) is 15.